The van der Waals surface area contributed by atoms with Gasteiger partial charge in [0.15, 0.2) is 0 Å². The Morgan fingerprint density at radius 2 is 1.73 bits per heavy atom. The van der Waals surface area contributed by atoms with Crippen molar-refractivity contribution in [3.63, 3.8) is 0 Å². The number of aromatic carboxylic acids is 1. The Balaban J connectivity index is 2.33. The molecule has 3 nitrogen and oxygen atoms in total. The highest BCUT2D eigenvalue weighted by atomic mass is 16.5. The number of carboxylic acid groups (broad SMARTS) is 1. The van der Waals surface area contributed by atoms with Crippen molar-refractivity contribution in [3.8, 4) is 5.75 Å². The van der Waals surface area contributed by atoms with Gasteiger partial charge in [-0.05, 0) is 35.6 Å². The molecule has 0 saturated heterocycles. The van der Waals surface area contributed by atoms with Crippen LogP contribution in [0.1, 0.15) is 55.3 Å². The van der Waals surface area contributed by atoms with E-state index >= 15 is 0 Å². The summed E-state index contributed by atoms with van der Waals surface area (Å²) in [6.45, 7) is 8.09. The number of hydrogen-bond donors (Lipinski definition) is 1. The van der Waals surface area contributed by atoms with E-state index in [9.17, 15) is 9.90 Å². The predicted molar refractivity (Wildman–Crippen MR) is 87.6 cm³/mol. The molecule has 0 spiro atoms. The second kappa shape index (κ2) is 6.22. The average Bonchev–Trinajstić information content (AvgIpc) is 2.47. The zero-order valence-electron chi connectivity index (χ0n) is 13.5. The normalized spacial score (nSPS) is 12.7. The van der Waals surface area contributed by atoms with Crippen LogP contribution in [0.3, 0.4) is 0 Å². The molecule has 0 bridgehead atoms. The van der Waals surface area contributed by atoms with Crippen LogP contribution in [-0.2, 0) is 5.41 Å². The first-order valence-electron chi connectivity index (χ1n) is 7.38. The lowest BCUT2D eigenvalue weighted by atomic mass is 9.86. The van der Waals surface area contributed by atoms with Gasteiger partial charge in [-0.25, -0.2) is 4.79 Å². The Kier molecular flexibility index (Phi) is 4.55. The fourth-order valence-corrected chi connectivity index (χ4v) is 2.25. The van der Waals surface area contributed by atoms with Crippen molar-refractivity contribution < 1.29 is 14.6 Å². The molecule has 1 atom stereocenters. The average molecular weight is 298 g/mol. The minimum absolute atomic E-state index is 0.103. The van der Waals surface area contributed by atoms with E-state index in [1.165, 1.54) is 0 Å². The van der Waals surface area contributed by atoms with Crippen LogP contribution in [0.25, 0.3) is 0 Å². The van der Waals surface area contributed by atoms with E-state index in [1.54, 1.807) is 12.1 Å². The van der Waals surface area contributed by atoms with Gasteiger partial charge in [-0.1, -0.05) is 57.2 Å². The predicted octanol–water partition coefficient (Wildman–Crippen LogP) is 4.82. The lowest BCUT2D eigenvalue weighted by Crippen LogP contribution is -2.14. The molecule has 22 heavy (non-hydrogen) atoms. The maximum Gasteiger partial charge on any atom is 0.339 e. The van der Waals surface area contributed by atoms with E-state index in [4.69, 9.17) is 4.74 Å². The lowest BCUT2D eigenvalue weighted by molar-refractivity contribution is 0.0689. The third-order valence-electron chi connectivity index (χ3n) is 3.65. The van der Waals surface area contributed by atoms with Crippen LogP contribution in [0.2, 0.25) is 0 Å². The summed E-state index contributed by atoms with van der Waals surface area (Å²) >= 11 is 0. The topological polar surface area (TPSA) is 46.5 Å². The van der Waals surface area contributed by atoms with Gasteiger partial charge in [0.25, 0.3) is 0 Å². The molecular formula is C19H22O3. The zero-order valence-corrected chi connectivity index (χ0v) is 13.5. The second-order valence-electron chi connectivity index (χ2n) is 6.44. The molecule has 0 amide bonds. The Bertz CT molecular complexity index is 654. The van der Waals surface area contributed by atoms with Crippen molar-refractivity contribution in [1.29, 1.82) is 0 Å². The van der Waals surface area contributed by atoms with Crippen LogP contribution in [0.5, 0.6) is 5.75 Å². The number of ether oxygens (including phenoxy) is 1. The monoisotopic (exact) mass is 298 g/mol. The first kappa shape index (κ1) is 16.1. The quantitative estimate of drug-likeness (QED) is 0.880. The largest absolute Gasteiger partial charge is 0.485 e. The summed E-state index contributed by atoms with van der Waals surface area (Å²) in [7, 11) is 0. The Labute approximate surface area is 131 Å². The molecule has 2 aromatic rings. The molecule has 0 aliphatic heterocycles. The first-order chi connectivity index (χ1) is 10.3. The third-order valence-corrected chi connectivity index (χ3v) is 3.65. The molecule has 0 saturated carbocycles. The van der Waals surface area contributed by atoms with Gasteiger partial charge in [0, 0.05) is 0 Å². The molecule has 0 aromatic heterocycles. The summed E-state index contributed by atoms with van der Waals surface area (Å²) in [6.07, 6.45) is -0.209. The smallest absolute Gasteiger partial charge is 0.339 e. The molecule has 1 N–H and O–H groups in total. The zero-order chi connectivity index (χ0) is 16.3. The number of carboxylic acids is 1. The Hall–Kier alpha value is -2.29. The van der Waals surface area contributed by atoms with E-state index in [0.717, 1.165) is 11.1 Å². The van der Waals surface area contributed by atoms with E-state index in [0.29, 0.717) is 5.75 Å². The molecule has 0 aliphatic carbocycles. The lowest BCUT2D eigenvalue weighted by Gasteiger charge is -2.22. The van der Waals surface area contributed by atoms with Crippen LogP contribution >= 0.6 is 0 Å². The molecule has 0 aliphatic rings. The summed E-state index contributed by atoms with van der Waals surface area (Å²) in [5.41, 5.74) is 2.09. The molecule has 2 aromatic carbocycles. The van der Waals surface area contributed by atoms with Crippen LogP contribution in [-0.4, -0.2) is 11.1 Å². The summed E-state index contributed by atoms with van der Waals surface area (Å²) in [4.78, 5) is 11.5. The minimum Gasteiger partial charge on any atom is -0.485 e. The highest BCUT2D eigenvalue weighted by Crippen LogP contribution is 2.30. The van der Waals surface area contributed by atoms with Crippen molar-refractivity contribution in [2.75, 3.05) is 0 Å². The van der Waals surface area contributed by atoms with Gasteiger partial charge in [0.1, 0.15) is 17.4 Å². The molecular weight excluding hydrogens is 276 g/mol. The van der Waals surface area contributed by atoms with Gasteiger partial charge in [-0.2, -0.15) is 0 Å². The number of hydrogen-bond acceptors (Lipinski definition) is 2. The summed E-state index contributed by atoms with van der Waals surface area (Å²) in [5.74, 6) is -0.571. The van der Waals surface area contributed by atoms with E-state index in [2.05, 4.69) is 20.8 Å². The van der Waals surface area contributed by atoms with Crippen molar-refractivity contribution in [2.24, 2.45) is 0 Å². The van der Waals surface area contributed by atoms with Gasteiger partial charge in [-0.15, -0.1) is 0 Å². The van der Waals surface area contributed by atoms with Crippen molar-refractivity contribution in [1.82, 2.24) is 0 Å². The van der Waals surface area contributed by atoms with E-state index in [-0.39, 0.29) is 17.1 Å². The van der Waals surface area contributed by atoms with Gasteiger partial charge >= 0.3 is 5.97 Å². The fourth-order valence-electron chi connectivity index (χ4n) is 2.25. The first-order valence-corrected chi connectivity index (χ1v) is 7.38. The van der Waals surface area contributed by atoms with Gasteiger partial charge < -0.3 is 9.84 Å². The summed E-state index contributed by atoms with van der Waals surface area (Å²) < 4.78 is 5.88. The summed E-state index contributed by atoms with van der Waals surface area (Å²) in [6, 6.07) is 15.1. The van der Waals surface area contributed by atoms with Crippen LogP contribution in [0.4, 0.5) is 0 Å². The standard InChI is InChI=1S/C19H22O3/c1-13(14-8-6-5-7-9-14)22-17-11-10-15(19(2,3)4)12-16(17)18(20)21/h5-13H,1-4H3,(H,20,21). The maximum atomic E-state index is 11.5. The number of carbonyl (C=O) groups is 1. The molecule has 2 rings (SSSR count). The highest BCUT2D eigenvalue weighted by Gasteiger charge is 2.20. The van der Waals surface area contributed by atoms with Crippen molar-refractivity contribution in [2.45, 2.75) is 39.2 Å². The van der Waals surface area contributed by atoms with Crippen LogP contribution in [0.15, 0.2) is 48.5 Å². The van der Waals surface area contributed by atoms with E-state index < -0.39 is 5.97 Å². The molecule has 116 valence electrons. The van der Waals surface area contributed by atoms with Crippen molar-refractivity contribution in [3.05, 3.63) is 65.2 Å². The molecule has 0 heterocycles. The number of benzene rings is 2. The van der Waals surface area contributed by atoms with Gasteiger partial charge in [0.2, 0.25) is 0 Å². The van der Waals surface area contributed by atoms with Gasteiger partial charge in [-0.3, -0.25) is 0 Å². The van der Waals surface area contributed by atoms with E-state index in [1.807, 2.05) is 43.3 Å². The Morgan fingerprint density at radius 1 is 1.09 bits per heavy atom. The third kappa shape index (κ3) is 3.67. The molecule has 0 fully saturated rings. The molecule has 1 unspecified atom stereocenters. The van der Waals surface area contributed by atoms with Gasteiger partial charge in [0.05, 0.1) is 0 Å². The SMILES string of the molecule is CC(Oc1ccc(C(C)(C)C)cc1C(=O)O)c1ccccc1. The maximum absolute atomic E-state index is 11.5. The fraction of sp³-hybridized carbons (Fsp3) is 0.316. The second-order valence-corrected chi connectivity index (χ2v) is 6.44. The van der Waals surface area contributed by atoms with Crippen molar-refractivity contribution >= 4 is 5.97 Å². The van der Waals surface area contributed by atoms with Crippen LogP contribution in [0, 0.1) is 0 Å². The van der Waals surface area contributed by atoms with Crippen LogP contribution < -0.4 is 4.74 Å². The highest BCUT2D eigenvalue weighted by molar-refractivity contribution is 5.91. The minimum atomic E-state index is -0.971. The summed E-state index contributed by atoms with van der Waals surface area (Å²) in [5, 5.41) is 9.46. The molecule has 3 heteroatoms. The molecule has 0 radical (unpaired) electrons. The number of rotatable bonds is 4. The Morgan fingerprint density at radius 3 is 2.27 bits per heavy atom.